The van der Waals surface area contributed by atoms with Crippen molar-refractivity contribution in [1.29, 1.82) is 0 Å². The smallest absolute Gasteiger partial charge is 0.159 e. The second-order valence-electron chi connectivity index (χ2n) is 3.98. The van der Waals surface area contributed by atoms with Gasteiger partial charge in [0, 0.05) is 5.56 Å². The van der Waals surface area contributed by atoms with Gasteiger partial charge in [0.25, 0.3) is 0 Å². The van der Waals surface area contributed by atoms with Crippen molar-refractivity contribution in [2.75, 3.05) is 0 Å². The van der Waals surface area contributed by atoms with E-state index in [0.29, 0.717) is 0 Å². The predicted molar refractivity (Wildman–Crippen MR) is 71.0 cm³/mol. The Morgan fingerprint density at radius 2 is 1.29 bits per heavy atom. The van der Waals surface area contributed by atoms with E-state index in [1.807, 2.05) is 54.6 Å². The molecule has 0 N–H and O–H groups in total. The molecule has 2 rings (SSSR count). The third-order valence-corrected chi connectivity index (χ3v) is 2.76. The summed E-state index contributed by atoms with van der Waals surface area (Å²) < 4.78 is 0. The Morgan fingerprint density at radius 3 is 1.82 bits per heavy atom. The van der Waals surface area contributed by atoms with Gasteiger partial charge in [0.1, 0.15) is 0 Å². The van der Waals surface area contributed by atoms with Crippen LogP contribution in [-0.4, -0.2) is 5.78 Å². The van der Waals surface area contributed by atoms with Gasteiger partial charge in [0.2, 0.25) is 0 Å². The van der Waals surface area contributed by atoms with E-state index >= 15 is 0 Å². The molecule has 0 bridgehead atoms. The molecule has 2 aromatic rings. The molecule has 0 saturated heterocycles. The van der Waals surface area contributed by atoms with Crippen LogP contribution >= 0.6 is 0 Å². The van der Waals surface area contributed by atoms with Gasteiger partial charge in [-0.15, -0.1) is 0 Å². The van der Waals surface area contributed by atoms with Crippen LogP contribution in [0.3, 0.4) is 0 Å². The first-order valence-electron chi connectivity index (χ1n) is 5.54. The normalized spacial score (nSPS) is 9.94. The Labute approximate surface area is 101 Å². The molecular formula is C16H14O. The third-order valence-electron chi connectivity index (χ3n) is 2.76. The maximum atomic E-state index is 11.2. The van der Waals surface area contributed by atoms with E-state index in [-0.39, 0.29) is 5.78 Å². The molecule has 0 spiro atoms. The average Bonchev–Trinajstić information content (AvgIpc) is 2.39. The highest BCUT2D eigenvalue weighted by Crippen LogP contribution is 2.21. The van der Waals surface area contributed by atoms with Crippen LogP contribution in [0.5, 0.6) is 0 Å². The van der Waals surface area contributed by atoms with Crippen LogP contribution in [0.25, 0.3) is 5.57 Å². The van der Waals surface area contributed by atoms with Gasteiger partial charge < -0.3 is 0 Å². The quantitative estimate of drug-likeness (QED) is 0.718. The van der Waals surface area contributed by atoms with Gasteiger partial charge in [-0.05, 0) is 23.6 Å². The maximum Gasteiger partial charge on any atom is 0.159 e. The fraction of sp³-hybridized carbons (Fsp3) is 0.0625. The van der Waals surface area contributed by atoms with Crippen molar-refractivity contribution in [2.24, 2.45) is 0 Å². The largest absolute Gasteiger partial charge is 0.295 e. The minimum absolute atomic E-state index is 0.0851. The number of ketones is 1. The Balaban J connectivity index is 2.30. The molecule has 2 aromatic carbocycles. The maximum absolute atomic E-state index is 11.2. The first-order valence-corrected chi connectivity index (χ1v) is 5.54. The minimum atomic E-state index is 0.0851. The van der Waals surface area contributed by atoms with Crippen LogP contribution < -0.4 is 0 Å². The van der Waals surface area contributed by atoms with Gasteiger partial charge in [0.15, 0.2) is 5.78 Å². The number of carbonyl (C=O) groups is 1. The lowest BCUT2D eigenvalue weighted by molar-refractivity contribution is 0.101. The zero-order chi connectivity index (χ0) is 12.3. The molecule has 1 heteroatoms. The molecule has 0 heterocycles. The number of benzene rings is 2. The van der Waals surface area contributed by atoms with E-state index in [1.54, 1.807) is 6.92 Å². The van der Waals surface area contributed by atoms with E-state index in [4.69, 9.17) is 0 Å². The van der Waals surface area contributed by atoms with Crippen molar-refractivity contribution in [1.82, 2.24) is 0 Å². The van der Waals surface area contributed by atoms with Crippen molar-refractivity contribution in [2.45, 2.75) is 6.92 Å². The molecule has 0 fully saturated rings. The standard InChI is InChI=1S/C16H14O/c1-12(14-6-4-3-5-7-14)15-8-10-16(11-9-15)13(2)17/h3-11H,1H2,2H3. The summed E-state index contributed by atoms with van der Waals surface area (Å²) in [7, 11) is 0. The molecule has 0 radical (unpaired) electrons. The van der Waals surface area contributed by atoms with Crippen molar-refractivity contribution in [3.05, 3.63) is 77.9 Å². The van der Waals surface area contributed by atoms with Gasteiger partial charge in [-0.2, -0.15) is 0 Å². The molecular weight excluding hydrogens is 208 g/mol. The zero-order valence-electron chi connectivity index (χ0n) is 9.81. The highest BCUT2D eigenvalue weighted by molar-refractivity contribution is 5.94. The molecule has 0 aliphatic heterocycles. The molecule has 17 heavy (non-hydrogen) atoms. The van der Waals surface area contributed by atoms with Crippen LogP contribution in [0.2, 0.25) is 0 Å². The highest BCUT2D eigenvalue weighted by atomic mass is 16.1. The molecule has 0 aliphatic carbocycles. The van der Waals surface area contributed by atoms with Crippen molar-refractivity contribution < 1.29 is 4.79 Å². The van der Waals surface area contributed by atoms with Crippen molar-refractivity contribution in [3.63, 3.8) is 0 Å². The van der Waals surface area contributed by atoms with Crippen molar-refractivity contribution in [3.8, 4) is 0 Å². The summed E-state index contributed by atoms with van der Waals surface area (Å²) >= 11 is 0. The molecule has 0 unspecified atom stereocenters. The van der Waals surface area contributed by atoms with Gasteiger partial charge in [0.05, 0.1) is 0 Å². The summed E-state index contributed by atoms with van der Waals surface area (Å²) in [6.45, 7) is 5.66. The molecule has 0 amide bonds. The minimum Gasteiger partial charge on any atom is -0.295 e. The van der Waals surface area contributed by atoms with Gasteiger partial charge in [-0.25, -0.2) is 0 Å². The van der Waals surface area contributed by atoms with Gasteiger partial charge in [-0.3, -0.25) is 4.79 Å². The monoisotopic (exact) mass is 222 g/mol. The lowest BCUT2D eigenvalue weighted by Gasteiger charge is -2.06. The van der Waals surface area contributed by atoms with Gasteiger partial charge in [-0.1, -0.05) is 61.2 Å². The second-order valence-corrected chi connectivity index (χ2v) is 3.98. The number of hydrogen-bond donors (Lipinski definition) is 0. The molecule has 84 valence electrons. The Hall–Kier alpha value is -2.15. The van der Waals surface area contributed by atoms with Crippen molar-refractivity contribution >= 4 is 11.4 Å². The number of rotatable bonds is 3. The second kappa shape index (κ2) is 4.79. The molecule has 0 atom stereocenters. The van der Waals surface area contributed by atoms with E-state index in [9.17, 15) is 4.79 Å². The van der Waals surface area contributed by atoms with Crippen LogP contribution in [0.15, 0.2) is 61.2 Å². The summed E-state index contributed by atoms with van der Waals surface area (Å²) in [5.41, 5.74) is 3.85. The third kappa shape index (κ3) is 2.51. The average molecular weight is 222 g/mol. The highest BCUT2D eigenvalue weighted by Gasteiger charge is 2.03. The first-order chi connectivity index (χ1) is 8.18. The summed E-state index contributed by atoms with van der Waals surface area (Å²) in [4.78, 5) is 11.2. The topological polar surface area (TPSA) is 17.1 Å². The Bertz CT molecular complexity index is 535. The van der Waals surface area contributed by atoms with E-state index < -0.39 is 0 Å². The fourth-order valence-electron chi connectivity index (χ4n) is 1.71. The van der Waals surface area contributed by atoms with E-state index in [1.165, 1.54) is 0 Å². The number of Topliss-reactive ketones (excluding diaryl/α,β-unsaturated/α-hetero) is 1. The molecule has 1 nitrogen and oxygen atoms in total. The van der Waals surface area contributed by atoms with Gasteiger partial charge >= 0.3 is 0 Å². The molecule has 0 aromatic heterocycles. The van der Waals surface area contributed by atoms with E-state index in [0.717, 1.165) is 22.3 Å². The lowest BCUT2D eigenvalue weighted by Crippen LogP contribution is -1.92. The lowest BCUT2D eigenvalue weighted by atomic mass is 9.98. The summed E-state index contributed by atoms with van der Waals surface area (Å²) in [5.74, 6) is 0.0851. The van der Waals surface area contributed by atoms with E-state index in [2.05, 4.69) is 6.58 Å². The summed E-state index contributed by atoms with van der Waals surface area (Å²) in [5, 5.41) is 0. The van der Waals surface area contributed by atoms with Crippen LogP contribution in [0, 0.1) is 0 Å². The summed E-state index contributed by atoms with van der Waals surface area (Å²) in [6, 6.07) is 17.6. The first kappa shape index (κ1) is 11.3. The number of carbonyl (C=O) groups excluding carboxylic acids is 1. The molecule has 0 saturated carbocycles. The van der Waals surface area contributed by atoms with Crippen LogP contribution in [-0.2, 0) is 0 Å². The Morgan fingerprint density at radius 1 is 0.824 bits per heavy atom. The summed E-state index contributed by atoms with van der Waals surface area (Å²) in [6.07, 6.45) is 0. The SMILES string of the molecule is C=C(c1ccccc1)c1ccc(C(C)=O)cc1. The number of hydrogen-bond acceptors (Lipinski definition) is 1. The predicted octanol–water partition coefficient (Wildman–Crippen LogP) is 3.95. The zero-order valence-corrected chi connectivity index (χ0v) is 9.81. The van der Waals surface area contributed by atoms with Crippen LogP contribution in [0.4, 0.5) is 0 Å². The van der Waals surface area contributed by atoms with Crippen LogP contribution in [0.1, 0.15) is 28.4 Å². The Kier molecular flexibility index (Phi) is 3.20. The fourth-order valence-corrected chi connectivity index (χ4v) is 1.71. The molecule has 0 aliphatic rings.